The van der Waals surface area contributed by atoms with Gasteiger partial charge < -0.3 is 10.1 Å². The van der Waals surface area contributed by atoms with Gasteiger partial charge in [0.25, 0.3) is 5.91 Å². The minimum absolute atomic E-state index is 0.203. The molecule has 28 heavy (non-hydrogen) atoms. The van der Waals surface area contributed by atoms with Gasteiger partial charge in [0.1, 0.15) is 0 Å². The standard InChI is InChI=1S/C20H23N5O3/c1-12-10-13(2)25(22-12)11-15-6-8-16(9-7-15)19(26)21-17-14(3)23-24(4)18(17)20(27)28-5/h6-10H,11H2,1-5H3,(H,21,26). The summed E-state index contributed by atoms with van der Waals surface area (Å²) >= 11 is 0. The molecule has 0 saturated carbocycles. The van der Waals surface area contributed by atoms with Gasteiger partial charge in [0.05, 0.1) is 30.7 Å². The van der Waals surface area contributed by atoms with Gasteiger partial charge in [-0.15, -0.1) is 0 Å². The Labute approximate surface area is 163 Å². The summed E-state index contributed by atoms with van der Waals surface area (Å²) in [5, 5.41) is 11.4. The van der Waals surface area contributed by atoms with Gasteiger partial charge in [0.2, 0.25) is 0 Å². The summed E-state index contributed by atoms with van der Waals surface area (Å²) in [6.07, 6.45) is 0. The number of carbonyl (C=O) groups is 2. The SMILES string of the molecule is COC(=O)c1c(NC(=O)c2ccc(Cn3nc(C)cc3C)cc2)c(C)nn1C. The number of hydrogen-bond acceptors (Lipinski definition) is 5. The summed E-state index contributed by atoms with van der Waals surface area (Å²) in [7, 11) is 2.92. The molecule has 0 fully saturated rings. The van der Waals surface area contributed by atoms with Crippen LogP contribution in [0.15, 0.2) is 30.3 Å². The number of esters is 1. The van der Waals surface area contributed by atoms with Crippen molar-refractivity contribution in [3.63, 3.8) is 0 Å². The van der Waals surface area contributed by atoms with Gasteiger partial charge in [0, 0.05) is 18.3 Å². The first-order chi connectivity index (χ1) is 13.3. The molecule has 0 saturated heterocycles. The van der Waals surface area contributed by atoms with E-state index in [-0.39, 0.29) is 11.6 Å². The number of nitrogens with zero attached hydrogens (tertiary/aromatic N) is 4. The van der Waals surface area contributed by atoms with Gasteiger partial charge in [-0.3, -0.25) is 14.2 Å². The minimum atomic E-state index is -0.557. The van der Waals surface area contributed by atoms with Crippen LogP contribution in [0.2, 0.25) is 0 Å². The Balaban J connectivity index is 1.77. The van der Waals surface area contributed by atoms with E-state index in [9.17, 15) is 9.59 Å². The molecule has 8 heteroatoms. The predicted octanol–water partition coefficient (Wildman–Crippen LogP) is 2.63. The monoisotopic (exact) mass is 381 g/mol. The molecule has 1 N–H and O–H groups in total. The van der Waals surface area contributed by atoms with Crippen molar-refractivity contribution in [3.8, 4) is 0 Å². The van der Waals surface area contributed by atoms with Crippen LogP contribution in [0.5, 0.6) is 0 Å². The highest BCUT2D eigenvalue weighted by atomic mass is 16.5. The second-order valence-corrected chi connectivity index (χ2v) is 6.66. The zero-order valence-electron chi connectivity index (χ0n) is 16.6. The Bertz CT molecular complexity index is 1030. The molecule has 2 heterocycles. The van der Waals surface area contributed by atoms with Crippen molar-refractivity contribution in [2.24, 2.45) is 7.05 Å². The van der Waals surface area contributed by atoms with Crippen LogP contribution in [0.1, 0.15) is 43.5 Å². The molecule has 0 aliphatic heterocycles. The van der Waals surface area contributed by atoms with Crippen molar-refractivity contribution < 1.29 is 14.3 Å². The smallest absolute Gasteiger partial charge is 0.358 e. The fourth-order valence-corrected chi connectivity index (χ4v) is 3.09. The van der Waals surface area contributed by atoms with Gasteiger partial charge in [-0.25, -0.2) is 4.79 Å². The first-order valence-corrected chi connectivity index (χ1v) is 8.83. The summed E-state index contributed by atoms with van der Waals surface area (Å²) < 4.78 is 8.10. The molecular weight excluding hydrogens is 358 g/mol. The lowest BCUT2D eigenvalue weighted by Crippen LogP contribution is -2.17. The van der Waals surface area contributed by atoms with E-state index in [1.54, 1.807) is 26.1 Å². The lowest BCUT2D eigenvalue weighted by Gasteiger charge is -2.09. The second kappa shape index (κ2) is 7.67. The van der Waals surface area contributed by atoms with E-state index in [0.29, 0.717) is 23.5 Å². The third-order valence-corrected chi connectivity index (χ3v) is 4.49. The molecule has 0 bridgehead atoms. The number of carbonyl (C=O) groups excluding carboxylic acids is 2. The highest BCUT2D eigenvalue weighted by Crippen LogP contribution is 2.21. The van der Waals surface area contributed by atoms with E-state index < -0.39 is 5.97 Å². The summed E-state index contributed by atoms with van der Waals surface area (Å²) in [5.74, 6) is -0.877. The van der Waals surface area contributed by atoms with Gasteiger partial charge in [-0.2, -0.15) is 10.2 Å². The lowest BCUT2D eigenvalue weighted by molar-refractivity contribution is 0.0589. The topological polar surface area (TPSA) is 91.0 Å². The Hall–Kier alpha value is -3.42. The summed E-state index contributed by atoms with van der Waals surface area (Å²) in [6, 6.07) is 9.31. The van der Waals surface area contributed by atoms with Gasteiger partial charge in [0.15, 0.2) is 5.69 Å². The number of rotatable bonds is 5. The summed E-state index contributed by atoms with van der Waals surface area (Å²) in [5.41, 5.74) is 4.67. The van der Waals surface area contributed by atoms with Crippen LogP contribution in [-0.4, -0.2) is 38.5 Å². The number of benzene rings is 1. The molecule has 146 valence electrons. The Morgan fingerprint density at radius 3 is 2.36 bits per heavy atom. The van der Waals surface area contributed by atoms with Crippen molar-refractivity contribution in [1.82, 2.24) is 19.6 Å². The maximum atomic E-state index is 12.6. The molecule has 0 radical (unpaired) electrons. The van der Waals surface area contributed by atoms with Crippen LogP contribution in [0, 0.1) is 20.8 Å². The van der Waals surface area contributed by atoms with E-state index in [1.807, 2.05) is 36.7 Å². The number of methoxy groups -OCH3 is 1. The largest absolute Gasteiger partial charge is 0.464 e. The van der Waals surface area contributed by atoms with E-state index in [1.165, 1.54) is 11.8 Å². The quantitative estimate of drug-likeness (QED) is 0.686. The molecule has 3 rings (SSSR count). The molecule has 2 aromatic heterocycles. The van der Waals surface area contributed by atoms with E-state index in [4.69, 9.17) is 4.74 Å². The molecule has 3 aromatic rings. The van der Waals surface area contributed by atoms with Crippen LogP contribution in [-0.2, 0) is 18.3 Å². The molecular formula is C20H23N5O3. The lowest BCUT2D eigenvalue weighted by atomic mass is 10.1. The molecule has 8 nitrogen and oxygen atoms in total. The zero-order chi connectivity index (χ0) is 20.4. The highest BCUT2D eigenvalue weighted by Gasteiger charge is 2.22. The molecule has 0 atom stereocenters. The number of aromatic nitrogens is 4. The van der Waals surface area contributed by atoms with Crippen molar-refractivity contribution >= 4 is 17.6 Å². The number of nitrogens with one attached hydrogen (secondary N) is 1. The predicted molar refractivity (Wildman–Crippen MR) is 104 cm³/mol. The maximum absolute atomic E-state index is 12.6. The van der Waals surface area contributed by atoms with Crippen molar-refractivity contribution in [3.05, 3.63) is 64.2 Å². The molecule has 0 aliphatic carbocycles. The molecule has 1 amide bonds. The first kappa shape index (κ1) is 19.3. The number of aryl methyl sites for hydroxylation is 4. The van der Waals surface area contributed by atoms with Crippen LogP contribution in [0.4, 0.5) is 5.69 Å². The van der Waals surface area contributed by atoms with Gasteiger partial charge >= 0.3 is 5.97 Å². The molecule has 1 aromatic carbocycles. The van der Waals surface area contributed by atoms with Crippen molar-refractivity contribution in [2.45, 2.75) is 27.3 Å². The number of hydrogen-bond donors (Lipinski definition) is 1. The van der Waals surface area contributed by atoms with Crippen molar-refractivity contribution in [1.29, 1.82) is 0 Å². The first-order valence-electron chi connectivity index (χ1n) is 8.83. The van der Waals surface area contributed by atoms with Crippen LogP contribution >= 0.6 is 0 Å². The Morgan fingerprint density at radius 1 is 1.11 bits per heavy atom. The molecule has 0 spiro atoms. The number of amides is 1. The second-order valence-electron chi connectivity index (χ2n) is 6.66. The van der Waals surface area contributed by atoms with Crippen LogP contribution in [0.3, 0.4) is 0 Å². The highest BCUT2D eigenvalue weighted by molar-refractivity contribution is 6.08. The average Bonchev–Trinajstić information content (AvgIpc) is 3.12. The summed E-state index contributed by atoms with van der Waals surface area (Å²) in [4.78, 5) is 24.6. The van der Waals surface area contributed by atoms with E-state index >= 15 is 0 Å². The van der Waals surface area contributed by atoms with Gasteiger partial charge in [-0.1, -0.05) is 12.1 Å². The Morgan fingerprint density at radius 2 is 1.79 bits per heavy atom. The van der Waals surface area contributed by atoms with Crippen LogP contribution < -0.4 is 5.32 Å². The minimum Gasteiger partial charge on any atom is -0.464 e. The third kappa shape index (κ3) is 3.80. The van der Waals surface area contributed by atoms with Gasteiger partial charge in [-0.05, 0) is 44.5 Å². The third-order valence-electron chi connectivity index (χ3n) is 4.49. The summed E-state index contributed by atoms with van der Waals surface area (Å²) in [6.45, 7) is 6.33. The fraction of sp³-hybridized carbons (Fsp3) is 0.300. The maximum Gasteiger partial charge on any atom is 0.358 e. The molecule has 0 aliphatic rings. The average molecular weight is 381 g/mol. The number of ether oxygens (including phenoxy) is 1. The Kier molecular flexibility index (Phi) is 5.30. The van der Waals surface area contributed by atoms with Crippen LogP contribution in [0.25, 0.3) is 0 Å². The number of anilines is 1. The van der Waals surface area contributed by atoms with E-state index in [2.05, 4.69) is 15.5 Å². The van der Waals surface area contributed by atoms with E-state index in [0.717, 1.165) is 17.0 Å². The normalized spacial score (nSPS) is 10.8. The zero-order valence-corrected chi connectivity index (χ0v) is 16.6. The fourth-order valence-electron chi connectivity index (χ4n) is 3.09. The molecule has 0 unspecified atom stereocenters. The van der Waals surface area contributed by atoms with Crippen molar-refractivity contribution in [2.75, 3.05) is 12.4 Å².